The summed E-state index contributed by atoms with van der Waals surface area (Å²) in [5.74, 6) is 0.197. The Morgan fingerprint density at radius 3 is 2.49 bits per heavy atom. The number of halogens is 3. The minimum Gasteiger partial charge on any atom is -0.463 e. The fourth-order valence-corrected chi connectivity index (χ4v) is 6.56. The lowest BCUT2D eigenvalue weighted by Gasteiger charge is -2.39. The number of carbonyl (C=O) groups is 2. The van der Waals surface area contributed by atoms with Crippen LogP contribution in [0.25, 0.3) is 23.0 Å². The number of nitrogens with zero attached hydrogens (tertiary/aromatic N) is 3. The largest absolute Gasteiger partial charge is 0.463 e. The van der Waals surface area contributed by atoms with Crippen LogP contribution < -0.4 is 3.07 Å². The van der Waals surface area contributed by atoms with Crippen molar-refractivity contribution < 1.29 is 17.4 Å². The fourth-order valence-electron chi connectivity index (χ4n) is 5.33. The van der Waals surface area contributed by atoms with Crippen molar-refractivity contribution in [1.82, 2.24) is 14.6 Å². The molecule has 0 unspecified atom stereocenters. The van der Waals surface area contributed by atoms with E-state index in [-0.39, 0.29) is 12.5 Å². The van der Waals surface area contributed by atoms with Crippen molar-refractivity contribution in [3.8, 4) is 22.7 Å². The van der Waals surface area contributed by atoms with Crippen LogP contribution in [0.15, 0.2) is 48.5 Å². The molecular formula is C29H28ClI2N3O4. The third kappa shape index (κ3) is 5.86. The topological polar surface area (TPSA) is 64.0 Å². The summed E-state index contributed by atoms with van der Waals surface area (Å²) in [6, 6.07) is 13.6. The van der Waals surface area contributed by atoms with E-state index < -0.39 is 5.97 Å². The molecule has 1 saturated heterocycles. The SMILES string of the molecule is CCOC(=O)/C=C/c1c2c(n(-c3ccc(I)cc3Cl)c1-c1ccc(OI)cc1)CCN(N1CCCCC1)C2=O. The van der Waals surface area contributed by atoms with Crippen LogP contribution in [0.2, 0.25) is 5.02 Å². The predicted octanol–water partition coefficient (Wildman–Crippen LogP) is 7.11. The number of hydrogen-bond acceptors (Lipinski definition) is 5. The number of hydrazine groups is 1. The van der Waals surface area contributed by atoms with Gasteiger partial charge in [-0.3, -0.25) is 9.80 Å². The molecule has 39 heavy (non-hydrogen) atoms. The minimum absolute atomic E-state index is 0.0597. The van der Waals surface area contributed by atoms with E-state index in [4.69, 9.17) is 19.4 Å². The number of aromatic nitrogens is 1. The number of benzene rings is 2. The first-order valence-electron chi connectivity index (χ1n) is 13.0. The molecule has 0 saturated carbocycles. The van der Waals surface area contributed by atoms with Gasteiger partial charge in [0.05, 0.1) is 28.6 Å². The van der Waals surface area contributed by atoms with Gasteiger partial charge < -0.3 is 12.4 Å². The maximum absolute atomic E-state index is 14.2. The van der Waals surface area contributed by atoms with Gasteiger partial charge in [0.25, 0.3) is 5.91 Å². The molecule has 2 aromatic carbocycles. The van der Waals surface area contributed by atoms with Crippen molar-refractivity contribution in [2.75, 3.05) is 26.2 Å². The van der Waals surface area contributed by atoms with Gasteiger partial charge in [0, 0.05) is 47.0 Å². The molecule has 0 bridgehead atoms. The standard InChI is InChI=1S/C29H28ClI2N3O4/c1-2-38-26(36)13-11-22-27-25(14-17-34(29(27)37)33-15-4-3-5-16-33)35(24-12-8-20(31)18-23(24)30)28(22)19-6-9-21(39-32)10-7-19/h6-13,18H,2-5,14-17H2,1H3/b13-11+. The van der Waals surface area contributed by atoms with E-state index >= 15 is 0 Å². The van der Waals surface area contributed by atoms with E-state index in [9.17, 15) is 9.59 Å². The summed E-state index contributed by atoms with van der Waals surface area (Å²) in [5.41, 5.74) is 4.58. The Kier molecular flexibility index (Phi) is 9.20. The number of hydrogen-bond donors (Lipinski definition) is 0. The van der Waals surface area contributed by atoms with Crippen molar-refractivity contribution >= 4 is 75.2 Å². The first kappa shape index (κ1) is 28.4. The third-order valence-electron chi connectivity index (χ3n) is 7.03. The molecule has 0 atom stereocenters. The van der Waals surface area contributed by atoms with Crippen LogP contribution in [0, 0.1) is 3.57 Å². The second-order valence-electron chi connectivity index (χ2n) is 9.39. The van der Waals surface area contributed by atoms with Gasteiger partial charge in [0.15, 0.2) is 23.0 Å². The second-order valence-corrected chi connectivity index (χ2v) is 11.5. The van der Waals surface area contributed by atoms with Crippen molar-refractivity contribution in [3.63, 3.8) is 0 Å². The number of fused-ring (bicyclic) bond motifs is 1. The average Bonchev–Trinajstić information content (AvgIpc) is 3.27. The molecule has 0 radical (unpaired) electrons. The lowest BCUT2D eigenvalue weighted by Crippen LogP contribution is -2.51. The van der Waals surface area contributed by atoms with Gasteiger partial charge in [0.1, 0.15) is 5.75 Å². The summed E-state index contributed by atoms with van der Waals surface area (Å²) in [7, 11) is 0. The number of rotatable bonds is 7. The van der Waals surface area contributed by atoms with Gasteiger partial charge in [-0.1, -0.05) is 18.0 Å². The summed E-state index contributed by atoms with van der Waals surface area (Å²) >= 11 is 10.9. The molecule has 204 valence electrons. The van der Waals surface area contributed by atoms with E-state index in [0.717, 1.165) is 52.1 Å². The van der Waals surface area contributed by atoms with Gasteiger partial charge in [0.2, 0.25) is 0 Å². The number of esters is 1. The van der Waals surface area contributed by atoms with E-state index in [0.29, 0.717) is 34.9 Å². The molecule has 3 heterocycles. The molecule has 2 aliphatic rings. The summed E-state index contributed by atoms with van der Waals surface area (Å²) in [6.45, 7) is 4.35. The van der Waals surface area contributed by atoms with Gasteiger partial charge in [-0.2, -0.15) is 0 Å². The maximum Gasteiger partial charge on any atom is 0.330 e. The number of piperidine rings is 1. The summed E-state index contributed by atoms with van der Waals surface area (Å²) in [4.78, 5) is 26.7. The predicted molar refractivity (Wildman–Crippen MR) is 169 cm³/mol. The van der Waals surface area contributed by atoms with Crippen molar-refractivity contribution in [3.05, 3.63) is 74.0 Å². The van der Waals surface area contributed by atoms with Crippen LogP contribution in [-0.2, 0) is 16.0 Å². The maximum atomic E-state index is 14.2. The first-order chi connectivity index (χ1) is 18.9. The van der Waals surface area contributed by atoms with E-state index in [2.05, 4.69) is 32.2 Å². The highest BCUT2D eigenvalue weighted by molar-refractivity contribution is 14.1. The molecule has 5 rings (SSSR count). The minimum atomic E-state index is -0.456. The Hall–Kier alpha value is -2.09. The van der Waals surface area contributed by atoms with Crippen LogP contribution in [-0.4, -0.2) is 52.7 Å². The molecule has 0 aliphatic carbocycles. The number of carbonyl (C=O) groups excluding carboxylic acids is 2. The lowest BCUT2D eigenvalue weighted by atomic mass is 9.99. The normalized spacial score (nSPS) is 16.0. The average molecular weight is 772 g/mol. The quantitative estimate of drug-likeness (QED) is 0.146. The monoisotopic (exact) mass is 771 g/mol. The van der Waals surface area contributed by atoms with Gasteiger partial charge in [-0.15, -0.1) is 0 Å². The van der Waals surface area contributed by atoms with Crippen molar-refractivity contribution in [2.45, 2.75) is 32.6 Å². The zero-order valence-electron chi connectivity index (χ0n) is 21.5. The first-order valence-corrected chi connectivity index (χ1v) is 15.3. The Bertz CT molecular complexity index is 1410. The second kappa shape index (κ2) is 12.6. The van der Waals surface area contributed by atoms with Crippen molar-refractivity contribution in [1.29, 1.82) is 0 Å². The zero-order chi connectivity index (χ0) is 27.5. The van der Waals surface area contributed by atoms with Gasteiger partial charge in [-0.25, -0.2) is 9.80 Å². The number of ether oxygens (including phenoxy) is 1. The van der Waals surface area contributed by atoms with Crippen LogP contribution in [0.4, 0.5) is 0 Å². The Labute approximate surface area is 260 Å². The zero-order valence-corrected chi connectivity index (χ0v) is 26.5. The highest BCUT2D eigenvalue weighted by Gasteiger charge is 2.37. The Balaban J connectivity index is 1.77. The van der Waals surface area contributed by atoms with Crippen LogP contribution >= 0.6 is 57.2 Å². The highest BCUT2D eigenvalue weighted by Crippen LogP contribution is 2.41. The molecule has 10 heteroatoms. The smallest absolute Gasteiger partial charge is 0.330 e. The molecule has 0 spiro atoms. The molecule has 7 nitrogen and oxygen atoms in total. The molecule has 1 fully saturated rings. The van der Waals surface area contributed by atoms with E-state index in [1.54, 1.807) is 13.0 Å². The molecular weight excluding hydrogens is 744 g/mol. The fraction of sp³-hybridized carbons (Fsp3) is 0.310. The molecule has 1 amide bonds. The third-order valence-corrected chi connectivity index (χ3v) is 8.51. The van der Waals surface area contributed by atoms with E-state index in [1.165, 1.54) is 12.5 Å². The Morgan fingerprint density at radius 2 is 1.82 bits per heavy atom. The molecule has 0 N–H and O–H groups in total. The highest BCUT2D eigenvalue weighted by atomic mass is 127. The molecule has 2 aliphatic heterocycles. The summed E-state index contributed by atoms with van der Waals surface area (Å²) in [5, 5.41) is 4.65. The lowest BCUT2D eigenvalue weighted by molar-refractivity contribution is -0.137. The Morgan fingerprint density at radius 1 is 1.08 bits per heavy atom. The number of amides is 1. The van der Waals surface area contributed by atoms with Crippen molar-refractivity contribution in [2.24, 2.45) is 0 Å². The van der Waals surface area contributed by atoms with Gasteiger partial charge >= 0.3 is 5.97 Å². The van der Waals surface area contributed by atoms with E-state index in [1.807, 2.05) is 70.5 Å². The van der Waals surface area contributed by atoms with Crippen LogP contribution in [0.1, 0.15) is 47.8 Å². The van der Waals surface area contributed by atoms with Crippen LogP contribution in [0.3, 0.4) is 0 Å². The van der Waals surface area contributed by atoms with Gasteiger partial charge in [-0.05, 0) is 96.5 Å². The summed E-state index contributed by atoms with van der Waals surface area (Å²) in [6.07, 6.45) is 7.08. The molecule has 3 aromatic rings. The van der Waals surface area contributed by atoms with Crippen LogP contribution in [0.5, 0.6) is 5.75 Å². The molecule has 1 aromatic heterocycles. The summed E-state index contributed by atoms with van der Waals surface area (Å²) < 4.78 is 13.6.